The van der Waals surface area contributed by atoms with Crippen LogP contribution in [-0.2, 0) is 19.9 Å². The molecule has 2 aromatic rings. The van der Waals surface area contributed by atoms with E-state index in [-0.39, 0.29) is 4.90 Å². The Kier molecular flexibility index (Phi) is 4.85. The van der Waals surface area contributed by atoms with Crippen LogP contribution in [0.15, 0.2) is 53.4 Å². The Morgan fingerprint density at radius 1 is 1.00 bits per heavy atom. The summed E-state index contributed by atoms with van der Waals surface area (Å²) in [5, 5.41) is 10.3. The van der Waals surface area contributed by atoms with Gasteiger partial charge in [-0.15, -0.1) is 0 Å². The number of sulfone groups is 1. The Morgan fingerprint density at radius 2 is 1.65 bits per heavy atom. The first-order valence-electron chi connectivity index (χ1n) is 8.16. The van der Waals surface area contributed by atoms with Gasteiger partial charge < -0.3 is 5.11 Å². The molecular formula is C18H21NO5S2. The number of anilines is 1. The lowest BCUT2D eigenvalue weighted by atomic mass is 10.1. The van der Waals surface area contributed by atoms with Crippen LogP contribution >= 0.6 is 0 Å². The van der Waals surface area contributed by atoms with Gasteiger partial charge in [0.2, 0.25) is 0 Å². The van der Waals surface area contributed by atoms with Crippen LogP contribution < -0.4 is 4.31 Å². The Labute approximate surface area is 154 Å². The molecule has 6 nitrogen and oxygen atoms in total. The van der Waals surface area contributed by atoms with E-state index in [4.69, 9.17) is 0 Å². The minimum atomic E-state index is -4.05. The van der Waals surface area contributed by atoms with Crippen molar-refractivity contribution in [3.63, 3.8) is 0 Å². The van der Waals surface area contributed by atoms with E-state index >= 15 is 0 Å². The summed E-state index contributed by atoms with van der Waals surface area (Å²) in [5.41, 5.74) is 2.09. The zero-order valence-corrected chi connectivity index (χ0v) is 16.2. The Bertz CT molecular complexity index is 1010. The zero-order valence-electron chi connectivity index (χ0n) is 14.5. The van der Waals surface area contributed by atoms with Crippen molar-refractivity contribution in [3.8, 4) is 0 Å². The molecule has 0 amide bonds. The number of aliphatic hydroxyl groups excluding tert-OH is 1. The van der Waals surface area contributed by atoms with E-state index < -0.39 is 43.5 Å². The number of nitrogens with zero attached hydrogens (tertiary/aromatic N) is 1. The van der Waals surface area contributed by atoms with Crippen molar-refractivity contribution in [1.82, 2.24) is 0 Å². The van der Waals surface area contributed by atoms with Gasteiger partial charge in [0.25, 0.3) is 10.0 Å². The quantitative estimate of drug-likeness (QED) is 0.850. The molecule has 0 aromatic heterocycles. The summed E-state index contributed by atoms with van der Waals surface area (Å²) in [6.07, 6.45) is -1.28. The highest BCUT2D eigenvalue weighted by atomic mass is 32.2. The lowest BCUT2D eigenvalue weighted by Crippen LogP contribution is -2.47. The van der Waals surface area contributed by atoms with Gasteiger partial charge in [0.05, 0.1) is 34.2 Å². The molecule has 140 valence electrons. The lowest BCUT2D eigenvalue weighted by molar-refractivity contribution is 0.184. The Balaban J connectivity index is 2.16. The van der Waals surface area contributed by atoms with Gasteiger partial charge in [-0.3, -0.25) is 4.31 Å². The van der Waals surface area contributed by atoms with Crippen LogP contribution in [0.25, 0.3) is 0 Å². The Hall–Kier alpha value is -1.90. The number of rotatable bonds is 4. The van der Waals surface area contributed by atoms with E-state index in [0.717, 1.165) is 15.4 Å². The van der Waals surface area contributed by atoms with Gasteiger partial charge in [-0.2, -0.15) is 0 Å². The predicted octanol–water partition coefficient (Wildman–Crippen LogP) is 1.66. The van der Waals surface area contributed by atoms with E-state index in [1.807, 2.05) is 19.9 Å². The second-order valence-corrected chi connectivity index (χ2v) is 10.6. The summed E-state index contributed by atoms with van der Waals surface area (Å²) < 4.78 is 51.7. The van der Waals surface area contributed by atoms with Crippen molar-refractivity contribution in [3.05, 3.63) is 59.7 Å². The first kappa shape index (κ1) is 18.9. The molecule has 26 heavy (non-hydrogen) atoms. The maximum Gasteiger partial charge on any atom is 0.264 e. The molecule has 1 N–H and O–H groups in total. The largest absolute Gasteiger partial charge is 0.390 e. The van der Waals surface area contributed by atoms with E-state index in [2.05, 4.69) is 0 Å². The van der Waals surface area contributed by atoms with Crippen LogP contribution in [-0.4, -0.2) is 45.6 Å². The van der Waals surface area contributed by atoms with E-state index in [1.54, 1.807) is 30.3 Å². The van der Waals surface area contributed by atoms with Crippen LogP contribution in [0.2, 0.25) is 0 Å². The second-order valence-electron chi connectivity index (χ2n) is 6.66. The predicted molar refractivity (Wildman–Crippen MR) is 100 cm³/mol. The maximum absolute atomic E-state index is 13.3. The highest BCUT2D eigenvalue weighted by Crippen LogP contribution is 2.31. The van der Waals surface area contributed by atoms with Crippen molar-refractivity contribution in [2.45, 2.75) is 30.9 Å². The molecule has 1 saturated heterocycles. The maximum atomic E-state index is 13.3. The average Bonchev–Trinajstić information content (AvgIpc) is 2.80. The van der Waals surface area contributed by atoms with Gasteiger partial charge in [0.1, 0.15) is 0 Å². The van der Waals surface area contributed by atoms with Gasteiger partial charge in [-0.25, -0.2) is 16.8 Å². The highest BCUT2D eigenvalue weighted by Gasteiger charge is 2.45. The van der Waals surface area contributed by atoms with E-state index in [0.29, 0.717) is 5.69 Å². The first-order chi connectivity index (χ1) is 12.1. The monoisotopic (exact) mass is 395 g/mol. The molecular weight excluding hydrogens is 374 g/mol. The molecule has 1 heterocycles. The first-order valence-corrected chi connectivity index (χ1v) is 11.4. The summed E-state index contributed by atoms with van der Waals surface area (Å²) in [6, 6.07) is 12.1. The standard InChI is InChI=1S/C18H21NO5S2/c1-13-6-8-16(9-7-13)26(23,24)19(15-5-3-4-14(2)10-15)17-11-25(21,22)12-18(17)20/h3-10,17-18,20H,11-12H2,1-2H3. The smallest absolute Gasteiger partial charge is 0.264 e. The number of benzene rings is 2. The number of aliphatic hydroxyl groups is 1. The molecule has 0 spiro atoms. The van der Waals surface area contributed by atoms with Crippen LogP contribution in [0, 0.1) is 13.8 Å². The number of hydrogen-bond donors (Lipinski definition) is 1. The lowest BCUT2D eigenvalue weighted by Gasteiger charge is -2.31. The molecule has 1 fully saturated rings. The number of aryl methyl sites for hydroxylation is 2. The summed E-state index contributed by atoms with van der Waals surface area (Å²) >= 11 is 0. The normalized spacial score (nSPS) is 22.3. The SMILES string of the molecule is Cc1ccc(S(=O)(=O)N(c2cccc(C)c2)C2CS(=O)(=O)CC2O)cc1. The van der Waals surface area contributed by atoms with Crippen molar-refractivity contribution in [2.24, 2.45) is 0 Å². The molecule has 0 radical (unpaired) electrons. The van der Waals surface area contributed by atoms with Gasteiger partial charge in [0, 0.05) is 0 Å². The molecule has 1 aliphatic heterocycles. The molecule has 2 atom stereocenters. The molecule has 1 aliphatic rings. The van der Waals surface area contributed by atoms with Crippen LogP contribution in [0.3, 0.4) is 0 Å². The van der Waals surface area contributed by atoms with Crippen LogP contribution in [0.4, 0.5) is 5.69 Å². The molecule has 8 heteroatoms. The summed E-state index contributed by atoms with van der Waals surface area (Å²) in [7, 11) is -7.56. The third kappa shape index (κ3) is 3.62. The summed E-state index contributed by atoms with van der Waals surface area (Å²) in [4.78, 5) is 0.0566. The second kappa shape index (κ2) is 6.68. The number of sulfonamides is 1. The molecule has 2 unspecified atom stereocenters. The minimum absolute atomic E-state index is 0.0566. The third-order valence-corrected chi connectivity index (χ3v) is 7.99. The van der Waals surface area contributed by atoms with E-state index in [9.17, 15) is 21.9 Å². The minimum Gasteiger partial charge on any atom is -0.390 e. The summed E-state index contributed by atoms with van der Waals surface area (Å²) in [6.45, 7) is 3.67. The fraction of sp³-hybridized carbons (Fsp3) is 0.333. The zero-order chi connectivity index (χ0) is 19.1. The van der Waals surface area contributed by atoms with Gasteiger partial charge in [-0.05, 0) is 43.7 Å². The van der Waals surface area contributed by atoms with Crippen molar-refractivity contribution in [2.75, 3.05) is 15.8 Å². The van der Waals surface area contributed by atoms with Gasteiger partial charge in [0.15, 0.2) is 9.84 Å². The van der Waals surface area contributed by atoms with Gasteiger partial charge in [-0.1, -0.05) is 29.8 Å². The molecule has 0 bridgehead atoms. The van der Waals surface area contributed by atoms with E-state index in [1.165, 1.54) is 12.1 Å². The van der Waals surface area contributed by atoms with Crippen molar-refractivity contribution >= 4 is 25.5 Å². The molecule has 0 saturated carbocycles. The highest BCUT2D eigenvalue weighted by molar-refractivity contribution is 7.93. The average molecular weight is 396 g/mol. The summed E-state index contributed by atoms with van der Waals surface area (Å²) in [5.74, 6) is -0.851. The van der Waals surface area contributed by atoms with Crippen LogP contribution in [0.1, 0.15) is 11.1 Å². The number of hydrogen-bond acceptors (Lipinski definition) is 5. The topological polar surface area (TPSA) is 91.8 Å². The molecule has 0 aliphatic carbocycles. The Morgan fingerprint density at radius 3 is 2.19 bits per heavy atom. The van der Waals surface area contributed by atoms with Crippen LogP contribution in [0.5, 0.6) is 0 Å². The fourth-order valence-corrected chi connectivity index (χ4v) is 6.67. The van der Waals surface area contributed by atoms with Crippen molar-refractivity contribution < 1.29 is 21.9 Å². The third-order valence-electron chi connectivity index (χ3n) is 4.43. The molecule has 3 rings (SSSR count). The van der Waals surface area contributed by atoms with Gasteiger partial charge >= 0.3 is 0 Å². The fourth-order valence-electron chi connectivity index (χ4n) is 3.13. The molecule has 2 aromatic carbocycles. The van der Waals surface area contributed by atoms with Crippen molar-refractivity contribution in [1.29, 1.82) is 0 Å².